The average Bonchev–Trinajstić information content (AvgIpc) is 2.83. The van der Waals surface area contributed by atoms with Crippen molar-refractivity contribution >= 4 is 6.03 Å². The van der Waals surface area contributed by atoms with Crippen LogP contribution in [0.25, 0.3) is 0 Å². The first-order valence-electron chi connectivity index (χ1n) is 6.96. The molecule has 8 heteroatoms. The summed E-state index contributed by atoms with van der Waals surface area (Å²) in [5.74, 6) is 0.652. The largest absolute Gasteiger partial charge is 0.334 e. The molecule has 3 N–H and O–H groups in total. The van der Waals surface area contributed by atoms with Crippen LogP contribution in [0.2, 0.25) is 0 Å². The number of aromatic nitrogens is 4. The van der Waals surface area contributed by atoms with Crippen LogP contribution in [0, 0.1) is 13.8 Å². The van der Waals surface area contributed by atoms with E-state index in [9.17, 15) is 9.59 Å². The zero-order valence-corrected chi connectivity index (χ0v) is 13.1. The van der Waals surface area contributed by atoms with E-state index in [4.69, 9.17) is 0 Å². The van der Waals surface area contributed by atoms with Gasteiger partial charge in [0.15, 0.2) is 5.82 Å². The van der Waals surface area contributed by atoms with Crippen LogP contribution in [-0.2, 0) is 13.6 Å². The molecule has 2 amide bonds. The second-order valence-corrected chi connectivity index (χ2v) is 5.29. The monoisotopic (exact) mass is 304 g/mol. The number of pyridine rings is 1. The number of hydrogen-bond acceptors (Lipinski definition) is 4. The number of carbonyl (C=O) groups is 1. The fourth-order valence-corrected chi connectivity index (χ4v) is 2.27. The third-order valence-electron chi connectivity index (χ3n) is 3.40. The van der Waals surface area contributed by atoms with Gasteiger partial charge in [0.05, 0.1) is 12.6 Å². The highest BCUT2D eigenvalue weighted by Gasteiger charge is 2.14. The van der Waals surface area contributed by atoms with E-state index < -0.39 is 0 Å². The fourth-order valence-electron chi connectivity index (χ4n) is 2.27. The molecule has 2 aromatic rings. The predicted octanol–water partition coefficient (Wildman–Crippen LogP) is 0.681. The Morgan fingerprint density at radius 3 is 2.77 bits per heavy atom. The van der Waals surface area contributed by atoms with Crippen molar-refractivity contribution in [3.63, 3.8) is 0 Å². The first kappa shape index (κ1) is 15.7. The molecule has 118 valence electrons. The minimum absolute atomic E-state index is 0.165. The summed E-state index contributed by atoms with van der Waals surface area (Å²) in [6, 6.07) is 1.22. The summed E-state index contributed by atoms with van der Waals surface area (Å²) in [6.45, 7) is 5.65. The van der Waals surface area contributed by atoms with E-state index in [-0.39, 0.29) is 24.2 Å². The molecular formula is C14H20N6O2. The standard InChI is InChI=1S/C14H20N6O2/c1-8-5-9(2)17-13(21)11(8)6-15-14(22)18-10(3)12-19-16-7-20(12)4/h5,7,10H,6H2,1-4H3,(H,17,21)(H2,15,18,22)/t10-/m1/s1. The van der Waals surface area contributed by atoms with Crippen molar-refractivity contribution in [3.05, 3.63) is 45.4 Å². The number of amides is 2. The Morgan fingerprint density at radius 2 is 2.18 bits per heavy atom. The van der Waals surface area contributed by atoms with Crippen molar-refractivity contribution in [2.24, 2.45) is 7.05 Å². The van der Waals surface area contributed by atoms with E-state index in [2.05, 4.69) is 25.8 Å². The van der Waals surface area contributed by atoms with Gasteiger partial charge in [0.1, 0.15) is 6.33 Å². The van der Waals surface area contributed by atoms with E-state index in [1.165, 1.54) is 0 Å². The van der Waals surface area contributed by atoms with Crippen molar-refractivity contribution in [1.29, 1.82) is 0 Å². The van der Waals surface area contributed by atoms with Crippen LogP contribution in [0.15, 0.2) is 17.2 Å². The van der Waals surface area contributed by atoms with Crippen molar-refractivity contribution < 1.29 is 4.79 Å². The van der Waals surface area contributed by atoms with Crippen molar-refractivity contribution in [2.75, 3.05) is 0 Å². The van der Waals surface area contributed by atoms with Gasteiger partial charge in [-0.25, -0.2) is 4.79 Å². The molecule has 0 radical (unpaired) electrons. The summed E-state index contributed by atoms with van der Waals surface area (Å²) in [6.07, 6.45) is 1.57. The molecule has 0 bridgehead atoms. The molecule has 22 heavy (non-hydrogen) atoms. The SMILES string of the molecule is Cc1cc(C)c(CNC(=O)N[C@H](C)c2nncn2C)c(=O)[nH]1. The maximum absolute atomic E-state index is 11.9. The second-order valence-electron chi connectivity index (χ2n) is 5.29. The van der Waals surface area contributed by atoms with Gasteiger partial charge < -0.3 is 20.2 Å². The second kappa shape index (κ2) is 6.42. The molecule has 2 aromatic heterocycles. The number of aromatic amines is 1. The van der Waals surface area contributed by atoms with Crippen LogP contribution in [0.5, 0.6) is 0 Å². The van der Waals surface area contributed by atoms with Crippen LogP contribution in [-0.4, -0.2) is 25.8 Å². The van der Waals surface area contributed by atoms with Gasteiger partial charge in [0.25, 0.3) is 5.56 Å². The van der Waals surface area contributed by atoms with Gasteiger partial charge in [0, 0.05) is 18.3 Å². The molecule has 0 saturated carbocycles. The lowest BCUT2D eigenvalue weighted by Gasteiger charge is -2.14. The van der Waals surface area contributed by atoms with E-state index in [1.54, 1.807) is 17.9 Å². The number of urea groups is 1. The number of hydrogen-bond donors (Lipinski definition) is 3. The summed E-state index contributed by atoms with van der Waals surface area (Å²) in [4.78, 5) is 26.5. The van der Waals surface area contributed by atoms with Crippen LogP contribution < -0.4 is 16.2 Å². The molecule has 0 saturated heterocycles. The van der Waals surface area contributed by atoms with Crippen molar-refractivity contribution in [2.45, 2.75) is 33.4 Å². The molecule has 0 spiro atoms. The minimum atomic E-state index is -0.366. The summed E-state index contributed by atoms with van der Waals surface area (Å²) in [7, 11) is 1.81. The molecule has 1 atom stereocenters. The molecule has 8 nitrogen and oxygen atoms in total. The van der Waals surface area contributed by atoms with Gasteiger partial charge in [-0.2, -0.15) is 0 Å². The molecule has 0 aliphatic carbocycles. The Morgan fingerprint density at radius 1 is 1.45 bits per heavy atom. The Balaban J connectivity index is 1.96. The minimum Gasteiger partial charge on any atom is -0.334 e. The lowest BCUT2D eigenvalue weighted by molar-refractivity contribution is 0.237. The first-order chi connectivity index (χ1) is 10.4. The van der Waals surface area contributed by atoms with E-state index >= 15 is 0 Å². The molecule has 2 heterocycles. The highest BCUT2D eigenvalue weighted by Crippen LogP contribution is 2.07. The zero-order valence-electron chi connectivity index (χ0n) is 13.1. The fraction of sp³-hybridized carbons (Fsp3) is 0.429. The molecule has 2 rings (SSSR count). The van der Waals surface area contributed by atoms with E-state index in [0.29, 0.717) is 11.4 Å². The van der Waals surface area contributed by atoms with Crippen LogP contribution in [0.4, 0.5) is 4.79 Å². The average molecular weight is 304 g/mol. The normalized spacial score (nSPS) is 12.0. The van der Waals surface area contributed by atoms with Gasteiger partial charge in [-0.15, -0.1) is 10.2 Å². The first-order valence-corrected chi connectivity index (χ1v) is 6.96. The number of aryl methyl sites for hydroxylation is 3. The Hall–Kier alpha value is -2.64. The van der Waals surface area contributed by atoms with Gasteiger partial charge in [-0.05, 0) is 32.4 Å². The smallest absolute Gasteiger partial charge is 0.315 e. The maximum atomic E-state index is 11.9. The molecule has 0 aromatic carbocycles. The Labute approximate surface area is 128 Å². The zero-order chi connectivity index (χ0) is 16.3. The Bertz CT molecular complexity index is 733. The number of rotatable bonds is 4. The molecule has 0 unspecified atom stereocenters. The predicted molar refractivity (Wildman–Crippen MR) is 81.3 cm³/mol. The summed E-state index contributed by atoms with van der Waals surface area (Å²) in [5, 5.41) is 13.2. The molecule has 0 fully saturated rings. The lowest BCUT2D eigenvalue weighted by Crippen LogP contribution is -2.38. The van der Waals surface area contributed by atoms with Crippen LogP contribution in [0.1, 0.15) is 35.6 Å². The summed E-state index contributed by atoms with van der Waals surface area (Å²) >= 11 is 0. The number of carbonyl (C=O) groups excluding carboxylic acids is 1. The lowest BCUT2D eigenvalue weighted by atomic mass is 10.1. The molecule has 0 aliphatic heterocycles. The Kier molecular flexibility index (Phi) is 4.59. The van der Waals surface area contributed by atoms with Gasteiger partial charge >= 0.3 is 6.03 Å². The number of nitrogens with zero attached hydrogens (tertiary/aromatic N) is 3. The third-order valence-corrected chi connectivity index (χ3v) is 3.40. The molecule has 0 aliphatic rings. The van der Waals surface area contributed by atoms with Crippen LogP contribution in [0.3, 0.4) is 0 Å². The highest BCUT2D eigenvalue weighted by molar-refractivity contribution is 5.74. The quantitative estimate of drug-likeness (QED) is 0.772. The van der Waals surface area contributed by atoms with Crippen molar-refractivity contribution in [3.8, 4) is 0 Å². The highest BCUT2D eigenvalue weighted by atomic mass is 16.2. The van der Waals surface area contributed by atoms with Gasteiger partial charge in [0.2, 0.25) is 0 Å². The number of nitrogens with one attached hydrogen (secondary N) is 3. The maximum Gasteiger partial charge on any atom is 0.315 e. The van der Waals surface area contributed by atoms with E-state index in [1.807, 2.05) is 26.8 Å². The molecular weight excluding hydrogens is 284 g/mol. The number of H-pyrrole nitrogens is 1. The third kappa shape index (κ3) is 3.51. The topological polar surface area (TPSA) is 105 Å². The van der Waals surface area contributed by atoms with Crippen LogP contribution >= 0.6 is 0 Å². The van der Waals surface area contributed by atoms with Gasteiger partial charge in [-0.3, -0.25) is 4.79 Å². The summed E-state index contributed by atoms with van der Waals surface area (Å²) < 4.78 is 1.74. The summed E-state index contributed by atoms with van der Waals surface area (Å²) in [5.41, 5.74) is 2.01. The van der Waals surface area contributed by atoms with Gasteiger partial charge in [-0.1, -0.05) is 0 Å². The van der Waals surface area contributed by atoms with Crippen molar-refractivity contribution in [1.82, 2.24) is 30.4 Å². The van der Waals surface area contributed by atoms with E-state index in [0.717, 1.165) is 11.3 Å².